The van der Waals surface area contributed by atoms with Gasteiger partial charge in [0, 0.05) is 26.6 Å². The molecule has 0 bridgehead atoms. The van der Waals surface area contributed by atoms with Crippen LogP contribution in [0.5, 0.6) is 23.0 Å². The van der Waals surface area contributed by atoms with Crippen molar-refractivity contribution in [2.45, 2.75) is 0 Å². The molecule has 5 aromatic carbocycles. The van der Waals surface area contributed by atoms with E-state index in [9.17, 15) is 9.59 Å². The number of halogens is 2. The summed E-state index contributed by atoms with van der Waals surface area (Å²) in [6, 6.07) is 26.9. The Balaban J connectivity index is 1.61. The first-order valence-electron chi connectivity index (χ1n) is 10.7. The zero-order valence-electron chi connectivity index (χ0n) is 18.4. The lowest BCUT2D eigenvalue weighted by Gasteiger charge is -2.17. The number of hydrogen-bond acceptors (Lipinski definition) is 6. The van der Waals surface area contributed by atoms with Gasteiger partial charge in [-0.25, -0.2) is 9.59 Å². The summed E-state index contributed by atoms with van der Waals surface area (Å²) in [5.74, 6) is 0.909. The van der Waals surface area contributed by atoms with Crippen molar-refractivity contribution in [2.24, 2.45) is 0 Å². The molecule has 0 aliphatic rings. The van der Waals surface area contributed by atoms with Crippen LogP contribution in [0.2, 0.25) is 10.0 Å². The van der Waals surface area contributed by atoms with Gasteiger partial charge in [-0.3, -0.25) is 0 Å². The van der Waals surface area contributed by atoms with E-state index in [-0.39, 0.29) is 16.5 Å². The van der Waals surface area contributed by atoms with Gasteiger partial charge in [-0.15, -0.1) is 0 Å². The van der Waals surface area contributed by atoms with Gasteiger partial charge in [0.1, 0.15) is 11.5 Å². The van der Waals surface area contributed by atoms with E-state index in [1.54, 1.807) is 97.1 Å². The molecule has 0 radical (unpaired) electrons. The molecule has 178 valence electrons. The molecular weight excluding hydrogens is 503 g/mol. The number of benzene rings is 5. The quantitative estimate of drug-likeness (QED) is 0.135. The van der Waals surface area contributed by atoms with Gasteiger partial charge in [0.2, 0.25) is 0 Å². The minimum absolute atomic E-state index is 0.131. The Morgan fingerprint density at radius 3 is 1.72 bits per heavy atom. The second kappa shape index (κ2) is 10.2. The molecule has 0 saturated carbocycles. The topological polar surface area (TPSA) is 71.1 Å². The van der Waals surface area contributed by atoms with Crippen molar-refractivity contribution in [2.75, 3.05) is 0 Å². The van der Waals surface area contributed by atoms with Crippen LogP contribution in [0.15, 0.2) is 97.1 Å². The average molecular weight is 519 g/mol. The Kier molecular flexibility index (Phi) is 6.62. The minimum Gasteiger partial charge on any atom is -0.395 e. The van der Waals surface area contributed by atoms with Crippen LogP contribution in [0.3, 0.4) is 0 Å². The molecule has 0 aromatic heterocycles. The highest BCUT2D eigenvalue weighted by atomic mass is 35.5. The van der Waals surface area contributed by atoms with Crippen molar-refractivity contribution in [3.63, 3.8) is 0 Å². The minimum atomic E-state index is -0.962. The molecule has 6 nitrogen and oxygen atoms in total. The van der Waals surface area contributed by atoms with Crippen LogP contribution in [0.1, 0.15) is 0 Å². The molecule has 0 fully saturated rings. The zero-order valence-corrected chi connectivity index (χ0v) is 20.0. The van der Waals surface area contributed by atoms with E-state index in [2.05, 4.69) is 0 Å². The van der Waals surface area contributed by atoms with Gasteiger partial charge >= 0.3 is 12.3 Å². The van der Waals surface area contributed by atoms with Crippen LogP contribution < -0.4 is 18.9 Å². The van der Waals surface area contributed by atoms with Crippen LogP contribution in [-0.2, 0) is 0 Å². The monoisotopic (exact) mass is 518 g/mol. The van der Waals surface area contributed by atoms with Gasteiger partial charge in [0.05, 0.1) is 5.02 Å². The van der Waals surface area contributed by atoms with Crippen LogP contribution in [0.4, 0.5) is 9.59 Å². The molecule has 0 amide bonds. The highest BCUT2D eigenvalue weighted by molar-refractivity contribution is 6.38. The number of rotatable bonds is 4. The predicted octanol–water partition coefficient (Wildman–Crippen LogP) is 8.46. The van der Waals surface area contributed by atoms with Gasteiger partial charge in [0.15, 0.2) is 11.5 Å². The Bertz CT molecular complexity index is 1580. The molecule has 0 saturated heterocycles. The van der Waals surface area contributed by atoms with Gasteiger partial charge in [-0.05, 0) is 48.5 Å². The van der Waals surface area contributed by atoms with E-state index in [1.807, 2.05) is 0 Å². The Morgan fingerprint density at radius 2 is 1.11 bits per heavy atom. The highest BCUT2D eigenvalue weighted by Crippen LogP contribution is 2.46. The fourth-order valence-electron chi connectivity index (χ4n) is 3.72. The normalized spacial score (nSPS) is 10.7. The molecule has 0 N–H and O–H groups in total. The Labute approximate surface area is 215 Å². The van der Waals surface area contributed by atoms with Crippen LogP contribution in [-0.4, -0.2) is 12.3 Å². The second-order valence-corrected chi connectivity index (χ2v) is 8.39. The SMILES string of the molecule is O=C(Oc1ccccc1)Oc1c2cc(Cl)ccc2c(OC(=O)Oc2ccccc2)c2c(Cl)cccc12. The summed E-state index contributed by atoms with van der Waals surface area (Å²) in [5.41, 5.74) is 0. The third-order valence-corrected chi connectivity index (χ3v) is 5.77. The standard InChI is InChI=1S/C28H16Cl2O6/c29-17-14-15-20-22(16-17)25(35-27(31)33-18-8-3-1-4-9-18)21-12-7-13-23(30)24(21)26(20)36-28(32)34-19-10-5-2-6-11-19/h1-16H. The first-order valence-corrected chi connectivity index (χ1v) is 11.5. The maximum atomic E-state index is 12.7. The maximum absolute atomic E-state index is 12.7. The summed E-state index contributed by atoms with van der Waals surface area (Å²) in [6.07, 6.45) is -1.92. The summed E-state index contributed by atoms with van der Waals surface area (Å²) >= 11 is 12.8. The van der Waals surface area contributed by atoms with Gasteiger partial charge in [-0.1, -0.05) is 71.7 Å². The van der Waals surface area contributed by atoms with Crippen molar-refractivity contribution in [3.8, 4) is 23.0 Å². The van der Waals surface area contributed by atoms with E-state index >= 15 is 0 Å². The predicted molar refractivity (Wildman–Crippen MR) is 138 cm³/mol. The summed E-state index contributed by atoms with van der Waals surface area (Å²) < 4.78 is 21.9. The number of carbonyl (C=O) groups excluding carboxylic acids is 2. The lowest BCUT2D eigenvalue weighted by molar-refractivity contribution is 0.151. The van der Waals surface area contributed by atoms with E-state index in [0.29, 0.717) is 38.1 Å². The molecule has 0 atom stereocenters. The zero-order chi connectivity index (χ0) is 25.1. The molecule has 36 heavy (non-hydrogen) atoms. The molecule has 5 rings (SSSR count). The first kappa shape index (κ1) is 23.5. The molecule has 5 aromatic rings. The number of hydrogen-bond donors (Lipinski definition) is 0. The van der Waals surface area contributed by atoms with E-state index < -0.39 is 12.3 Å². The number of ether oxygens (including phenoxy) is 4. The molecular formula is C28H16Cl2O6. The van der Waals surface area contributed by atoms with Crippen molar-refractivity contribution < 1.29 is 28.5 Å². The van der Waals surface area contributed by atoms with Crippen LogP contribution in [0.25, 0.3) is 21.5 Å². The summed E-state index contributed by atoms with van der Waals surface area (Å²) in [4.78, 5) is 25.4. The van der Waals surface area contributed by atoms with Crippen LogP contribution in [0, 0.1) is 0 Å². The molecule has 0 heterocycles. The lowest BCUT2D eigenvalue weighted by Crippen LogP contribution is -2.16. The molecule has 0 unspecified atom stereocenters. The lowest BCUT2D eigenvalue weighted by atomic mass is 10.0. The molecule has 0 aliphatic carbocycles. The third kappa shape index (κ3) is 4.91. The van der Waals surface area contributed by atoms with Crippen molar-refractivity contribution in [3.05, 3.63) is 107 Å². The summed E-state index contributed by atoms with van der Waals surface area (Å²) in [5, 5.41) is 2.24. The highest BCUT2D eigenvalue weighted by Gasteiger charge is 2.23. The largest absolute Gasteiger partial charge is 0.519 e. The summed E-state index contributed by atoms with van der Waals surface area (Å²) in [6.45, 7) is 0. The Morgan fingerprint density at radius 1 is 0.528 bits per heavy atom. The number of fused-ring (bicyclic) bond motifs is 2. The fourth-order valence-corrected chi connectivity index (χ4v) is 4.15. The first-order chi connectivity index (χ1) is 17.5. The summed E-state index contributed by atoms with van der Waals surface area (Å²) in [7, 11) is 0. The van der Waals surface area contributed by atoms with Crippen molar-refractivity contribution in [1.29, 1.82) is 0 Å². The third-order valence-electron chi connectivity index (χ3n) is 5.22. The Hall–Kier alpha value is -4.26. The van der Waals surface area contributed by atoms with Gasteiger partial charge in [0.25, 0.3) is 0 Å². The van der Waals surface area contributed by atoms with E-state index in [4.69, 9.17) is 42.1 Å². The molecule has 0 aliphatic heterocycles. The van der Waals surface area contributed by atoms with E-state index in [1.165, 1.54) is 0 Å². The van der Waals surface area contributed by atoms with Gasteiger partial charge in [-0.2, -0.15) is 0 Å². The van der Waals surface area contributed by atoms with E-state index in [0.717, 1.165) is 0 Å². The maximum Gasteiger partial charge on any atom is 0.519 e. The second-order valence-electron chi connectivity index (χ2n) is 7.54. The molecule has 8 heteroatoms. The number of carbonyl (C=O) groups is 2. The fraction of sp³-hybridized carbons (Fsp3) is 0. The van der Waals surface area contributed by atoms with Crippen molar-refractivity contribution >= 4 is 57.1 Å². The van der Waals surface area contributed by atoms with Crippen molar-refractivity contribution in [1.82, 2.24) is 0 Å². The average Bonchev–Trinajstić information content (AvgIpc) is 2.87. The molecule has 0 spiro atoms. The van der Waals surface area contributed by atoms with Gasteiger partial charge < -0.3 is 18.9 Å². The number of para-hydroxylation sites is 2. The smallest absolute Gasteiger partial charge is 0.395 e. The van der Waals surface area contributed by atoms with Crippen LogP contribution >= 0.6 is 23.2 Å².